The zero-order valence-corrected chi connectivity index (χ0v) is 14.0. The third-order valence-electron chi connectivity index (χ3n) is 3.43. The number of halogens is 5. The summed E-state index contributed by atoms with van der Waals surface area (Å²) in [6.07, 6.45) is -3.01. The van der Waals surface area contributed by atoms with Crippen LogP contribution < -0.4 is 10.9 Å². The second-order valence-corrected chi connectivity index (χ2v) is 6.05. The Balaban J connectivity index is 1.83. The van der Waals surface area contributed by atoms with Crippen LogP contribution in [0.4, 0.5) is 18.9 Å². The Hall–Kier alpha value is -2.25. The molecule has 0 atom stereocenters. The van der Waals surface area contributed by atoms with Crippen LogP contribution in [0.1, 0.15) is 11.3 Å². The van der Waals surface area contributed by atoms with Gasteiger partial charge in [0.15, 0.2) is 0 Å². The first-order valence-corrected chi connectivity index (χ1v) is 7.78. The van der Waals surface area contributed by atoms with Gasteiger partial charge >= 0.3 is 6.18 Å². The summed E-state index contributed by atoms with van der Waals surface area (Å²) in [6, 6.07) is 7.52. The molecule has 4 nitrogen and oxygen atoms in total. The summed E-state index contributed by atoms with van der Waals surface area (Å²) in [7, 11) is 0. The van der Waals surface area contributed by atoms with Crippen LogP contribution in [0, 0.1) is 0 Å². The molecule has 0 radical (unpaired) electrons. The van der Waals surface area contributed by atoms with Crippen molar-refractivity contribution < 1.29 is 13.2 Å². The molecule has 0 aliphatic rings. The number of rotatable bonds is 3. The molecule has 2 aromatic heterocycles. The van der Waals surface area contributed by atoms with Gasteiger partial charge in [0.05, 0.1) is 33.5 Å². The molecule has 25 heavy (non-hydrogen) atoms. The number of benzene rings is 1. The average molecular weight is 388 g/mol. The highest BCUT2D eigenvalue weighted by molar-refractivity contribution is 6.33. The van der Waals surface area contributed by atoms with Gasteiger partial charge in [-0.15, -0.1) is 0 Å². The topological polar surface area (TPSA) is 46.4 Å². The molecular formula is C16H10Cl2F3N3O. The standard InChI is InChI=1S/C16H10Cl2F3N3O/c17-10-2-4-14-23-11(6-15(25)24(14)8-10)7-22-13-3-1-9(5-12(13)18)16(19,20)21/h1-6,8,22H,7H2. The number of anilines is 1. The van der Waals surface area contributed by atoms with Crippen LogP contribution in [0.5, 0.6) is 0 Å². The Morgan fingerprint density at radius 3 is 2.56 bits per heavy atom. The van der Waals surface area contributed by atoms with E-state index in [0.29, 0.717) is 22.1 Å². The average Bonchev–Trinajstić information content (AvgIpc) is 2.53. The molecule has 0 saturated heterocycles. The van der Waals surface area contributed by atoms with Gasteiger partial charge in [-0.1, -0.05) is 23.2 Å². The van der Waals surface area contributed by atoms with E-state index in [1.54, 1.807) is 12.1 Å². The van der Waals surface area contributed by atoms with Gasteiger partial charge in [0, 0.05) is 12.3 Å². The third kappa shape index (κ3) is 3.88. The number of alkyl halides is 3. The van der Waals surface area contributed by atoms with Gasteiger partial charge < -0.3 is 5.32 Å². The molecule has 9 heteroatoms. The smallest absolute Gasteiger partial charge is 0.378 e. The minimum Gasteiger partial charge on any atom is -0.378 e. The zero-order chi connectivity index (χ0) is 18.2. The van der Waals surface area contributed by atoms with Crippen molar-refractivity contribution in [3.8, 4) is 0 Å². The van der Waals surface area contributed by atoms with Crippen molar-refractivity contribution in [3.05, 3.63) is 74.3 Å². The molecule has 130 valence electrons. The molecule has 0 aliphatic heterocycles. The fourth-order valence-corrected chi connectivity index (χ4v) is 2.65. The first kappa shape index (κ1) is 17.6. The van der Waals surface area contributed by atoms with Crippen molar-refractivity contribution in [2.45, 2.75) is 12.7 Å². The van der Waals surface area contributed by atoms with Crippen molar-refractivity contribution in [1.82, 2.24) is 9.38 Å². The van der Waals surface area contributed by atoms with E-state index in [0.717, 1.165) is 12.1 Å². The van der Waals surface area contributed by atoms with E-state index in [9.17, 15) is 18.0 Å². The molecule has 0 amide bonds. The number of pyridine rings is 1. The van der Waals surface area contributed by atoms with Crippen molar-refractivity contribution in [1.29, 1.82) is 0 Å². The predicted molar refractivity (Wildman–Crippen MR) is 90.3 cm³/mol. The lowest BCUT2D eigenvalue weighted by atomic mass is 10.2. The van der Waals surface area contributed by atoms with Crippen LogP contribution >= 0.6 is 23.2 Å². The summed E-state index contributed by atoms with van der Waals surface area (Å²) in [5.41, 5.74) is -0.00639. The Kier molecular flexibility index (Phi) is 4.62. The predicted octanol–water partition coefficient (Wildman–Crippen LogP) is 4.63. The van der Waals surface area contributed by atoms with E-state index in [1.165, 1.54) is 22.7 Å². The van der Waals surface area contributed by atoms with E-state index < -0.39 is 11.7 Å². The fourth-order valence-electron chi connectivity index (χ4n) is 2.24. The number of fused-ring (bicyclic) bond motifs is 1. The van der Waals surface area contributed by atoms with Crippen LogP contribution in [-0.2, 0) is 12.7 Å². The van der Waals surface area contributed by atoms with Crippen molar-refractivity contribution in [3.63, 3.8) is 0 Å². The summed E-state index contributed by atoms with van der Waals surface area (Å²) in [5.74, 6) is 0. The maximum Gasteiger partial charge on any atom is 0.416 e. The second kappa shape index (κ2) is 6.57. The Morgan fingerprint density at radius 1 is 1.12 bits per heavy atom. The molecule has 0 spiro atoms. The minimum absolute atomic E-state index is 0.0703. The first-order valence-electron chi connectivity index (χ1n) is 7.02. The van der Waals surface area contributed by atoms with Gasteiger partial charge in [-0.3, -0.25) is 9.20 Å². The van der Waals surface area contributed by atoms with Crippen molar-refractivity contribution >= 4 is 34.5 Å². The first-order chi connectivity index (χ1) is 11.7. The van der Waals surface area contributed by atoms with Gasteiger partial charge in [-0.05, 0) is 30.3 Å². The van der Waals surface area contributed by atoms with Crippen LogP contribution in [0.2, 0.25) is 10.0 Å². The molecule has 2 heterocycles. The summed E-state index contributed by atoms with van der Waals surface area (Å²) in [5, 5.41) is 3.21. The Morgan fingerprint density at radius 2 is 1.88 bits per heavy atom. The molecule has 0 bridgehead atoms. The van der Waals surface area contributed by atoms with Crippen molar-refractivity contribution in [2.75, 3.05) is 5.32 Å². The van der Waals surface area contributed by atoms with Gasteiger partial charge in [0.2, 0.25) is 0 Å². The number of hydrogen-bond acceptors (Lipinski definition) is 3. The normalized spacial score (nSPS) is 11.7. The zero-order valence-electron chi connectivity index (χ0n) is 12.4. The van der Waals surface area contributed by atoms with E-state index >= 15 is 0 Å². The molecular weight excluding hydrogens is 378 g/mol. The number of aromatic nitrogens is 2. The summed E-state index contributed by atoms with van der Waals surface area (Å²) in [4.78, 5) is 16.4. The van der Waals surface area contributed by atoms with Crippen LogP contribution in [0.25, 0.3) is 5.65 Å². The van der Waals surface area contributed by atoms with Gasteiger partial charge in [-0.25, -0.2) is 4.98 Å². The van der Waals surface area contributed by atoms with Crippen LogP contribution in [0.3, 0.4) is 0 Å². The van der Waals surface area contributed by atoms with E-state index in [2.05, 4.69) is 10.3 Å². The minimum atomic E-state index is -4.46. The van der Waals surface area contributed by atoms with Gasteiger partial charge in [0.1, 0.15) is 5.65 Å². The van der Waals surface area contributed by atoms with Crippen molar-refractivity contribution in [2.24, 2.45) is 0 Å². The van der Waals surface area contributed by atoms with Gasteiger partial charge in [0.25, 0.3) is 5.56 Å². The molecule has 1 N–H and O–H groups in total. The molecule has 0 unspecified atom stereocenters. The second-order valence-electron chi connectivity index (χ2n) is 5.21. The fraction of sp³-hybridized carbons (Fsp3) is 0.125. The largest absolute Gasteiger partial charge is 0.416 e. The quantitative estimate of drug-likeness (QED) is 0.712. The molecule has 1 aromatic carbocycles. The van der Waals surface area contributed by atoms with E-state index in [4.69, 9.17) is 23.2 Å². The maximum absolute atomic E-state index is 12.6. The lowest BCUT2D eigenvalue weighted by Gasteiger charge is -2.12. The third-order valence-corrected chi connectivity index (χ3v) is 3.97. The lowest BCUT2D eigenvalue weighted by molar-refractivity contribution is -0.137. The van der Waals surface area contributed by atoms with Crippen LogP contribution in [-0.4, -0.2) is 9.38 Å². The van der Waals surface area contributed by atoms with E-state index in [1.807, 2.05) is 0 Å². The summed E-state index contributed by atoms with van der Waals surface area (Å²) >= 11 is 11.7. The number of hydrogen-bond donors (Lipinski definition) is 1. The molecule has 0 fully saturated rings. The SMILES string of the molecule is O=c1cc(CNc2ccc(C(F)(F)F)cc2Cl)nc2ccc(Cl)cn12. The highest BCUT2D eigenvalue weighted by Gasteiger charge is 2.30. The molecule has 0 saturated carbocycles. The highest BCUT2D eigenvalue weighted by Crippen LogP contribution is 2.33. The van der Waals surface area contributed by atoms with Crippen LogP contribution in [0.15, 0.2) is 47.4 Å². The van der Waals surface area contributed by atoms with Gasteiger partial charge in [-0.2, -0.15) is 13.2 Å². The van der Waals surface area contributed by atoms with E-state index in [-0.39, 0.29) is 17.1 Å². The highest BCUT2D eigenvalue weighted by atomic mass is 35.5. The molecule has 0 aliphatic carbocycles. The Labute approximate surface area is 149 Å². The summed E-state index contributed by atoms with van der Waals surface area (Å²) in [6.45, 7) is 0.124. The molecule has 3 rings (SSSR count). The number of nitrogens with zero attached hydrogens (tertiary/aromatic N) is 2. The molecule has 3 aromatic rings. The monoisotopic (exact) mass is 387 g/mol. The maximum atomic E-state index is 12.6. The summed E-state index contributed by atoms with van der Waals surface area (Å²) < 4.78 is 39.2. The lowest BCUT2D eigenvalue weighted by Crippen LogP contribution is -2.16. The Bertz CT molecular complexity index is 1000. The number of nitrogens with one attached hydrogen (secondary N) is 1.